The lowest BCUT2D eigenvalue weighted by Crippen LogP contribution is -2.41. The van der Waals surface area contributed by atoms with Crippen molar-refractivity contribution in [2.24, 2.45) is 0 Å². The van der Waals surface area contributed by atoms with E-state index in [0.717, 1.165) is 114 Å². The van der Waals surface area contributed by atoms with E-state index >= 15 is 0 Å². The van der Waals surface area contributed by atoms with Gasteiger partial charge in [-0.3, -0.25) is 0 Å². The first-order chi connectivity index (χ1) is 42.3. The molecule has 0 atom stereocenters. The molecular formula is C74H54BClO2. The Balaban J connectivity index is 0.000000157. The highest BCUT2D eigenvalue weighted by atomic mass is 35.5. The summed E-state index contributed by atoms with van der Waals surface area (Å²) < 4.78 is 98.1. The van der Waals surface area contributed by atoms with Gasteiger partial charge in [0.05, 0.1) is 24.9 Å². The van der Waals surface area contributed by atoms with Crippen molar-refractivity contribution in [1.82, 2.24) is 0 Å². The first-order valence-electron chi connectivity index (χ1n) is 31.2. The van der Waals surface area contributed by atoms with Crippen molar-refractivity contribution in [3.63, 3.8) is 0 Å². The van der Waals surface area contributed by atoms with Crippen LogP contribution >= 0.6 is 11.6 Å². The van der Waals surface area contributed by atoms with Crippen molar-refractivity contribution in [2.75, 3.05) is 0 Å². The summed E-state index contributed by atoms with van der Waals surface area (Å²) in [6, 6.07) is 62.3. The summed E-state index contributed by atoms with van der Waals surface area (Å²) in [4.78, 5) is 0. The van der Waals surface area contributed by atoms with Crippen molar-refractivity contribution >= 4 is 110 Å². The van der Waals surface area contributed by atoms with Gasteiger partial charge in [-0.05, 0) is 188 Å². The molecule has 1 aliphatic heterocycles. The third kappa shape index (κ3) is 7.87. The Kier molecular flexibility index (Phi) is 9.21. The quantitative estimate of drug-likeness (QED) is 0.0972. The van der Waals surface area contributed by atoms with Gasteiger partial charge in [0.25, 0.3) is 0 Å². The van der Waals surface area contributed by atoms with Gasteiger partial charge in [0.1, 0.15) is 0 Å². The number of hydrogen-bond acceptors (Lipinski definition) is 2. The first kappa shape index (κ1) is 38.1. The maximum Gasteiger partial charge on any atom is 0.494 e. The zero-order valence-electron chi connectivity index (χ0n) is 53.2. The molecule has 78 heavy (non-hydrogen) atoms. The van der Waals surface area contributed by atoms with E-state index in [9.17, 15) is 0 Å². The minimum atomic E-state index is -0.500. The molecule has 372 valence electrons. The monoisotopic (exact) mass is 1030 g/mol. The van der Waals surface area contributed by atoms with Crippen LogP contribution in [0.15, 0.2) is 255 Å². The highest BCUT2D eigenvalue weighted by Gasteiger charge is 2.51. The van der Waals surface area contributed by atoms with E-state index in [-0.39, 0.29) is 59.5 Å². The minimum absolute atomic E-state index is 0.204. The van der Waals surface area contributed by atoms with E-state index in [0.29, 0.717) is 16.1 Å². The predicted octanol–water partition coefficient (Wildman–Crippen LogP) is 20.2. The summed E-state index contributed by atoms with van der Waals surface area (Å²) in [5, 5.41) is 16.4. The van der Waals surface area contributed by atoms with E-state index in [1.807, 2.05) is 115 Å². The van der Waals surface area contributed by atoms with E-state index in [1.54, 1.807) is 0 Å². The van der Waals surface area contributed by atoms with Crippen LogP contribution in [-0.2, 0) is 9.31 Å². The van der Waals surface area contributed by atoms with Crippen LogP contribution in [-0.4, -0.2) is 18.3 Å². The van der Waals surface area contributed by atoms with Gasteiger partial charge < -0.3 is 9.31 Å². The van der Waals surface area contributed by atoms with Crippen LogP contribution in [0.3, 0.4) is 0 Å². The number of rotatable bonds is 5. The van der Waals surface area contributed by atoms with E-state index in [2.05, 4.69) is 107 Å². The van der Waals surface area contributed by atoms with Gasteiger partial charge in [-0.2, -0.15) is 0 Å². The Labute approximate surface area is 474 Å². The molecule has 0 radical (unpaired) electrons. The average molecular weight is 1030 g/mol. The summed E-state index contributed by atoms with van der Waals surface area (Å²) in [7, 11) is -0.500. The van der Waals surface area contributed by atoms with Crippen molar-refractivity contribution in [1.29, 1.82) is 0 Å². The van der Waals surface area contributed by atoms with Crippen LogP contribution in [0.5, 0.6) is 0 Å². The zero-order valence-corrected chi connectivity index (χ0v) is 44.0. The molecule has 0 aromatic heterocycles. The Bertz CT molecular complexity index is 5150. The molecule has 0 aliphatic carbocycles. The third-order valence-corrected chi connectivity index (χ3v) is 16.4. The van der Waals surface area contributed by atoms with Gasteiger partial charge >= 0.3 is 7.12 Å². The molecule has 0 amide bonds. The second-order valence-corrected chi connectivity index (χ2v) is 21.5. The fraction of sp³-hybridized carbons (Fsp3) is 0.0811. The average Bonchev–Trinajstić information content (AvgIpc) is 1.02. The molecule has 15 rings (SSSR count). The van der Waals surface area contributed by atoms with Crippen LogP contribution in [0.1, 0.15) is 41.4 Å². The molecule has 0 spiro atoms. The van der Waals surface area contributed by atoms with Gasteiger partial charge in [0, 0.05) is 5.02 Å². The van der Waals surface area contributed by atoms with Crippen molar-refractivity contribution in [3.8, 4) is 44.5 Å². The Morgan fingerprint density at radius 1 is 0.333 bits per heavy atom. The molecule has 14 aromatic carbocycles. The van der Waals surface area contributed by atoms with E-state index < -0.39 is 30.4 Å². The van der Waals surface area contributed by atoms with Gasteiger partial charge in [0.15, 0.2) is 0 Å². The maximum absolute atomic E-state index is 8.89. The molecule has 0 unspecified atom stereocenters. The molecule has 0 bridgehead atoms. The van der Waals surface area contributed by atoms with Crippen LogP contribution < -0.4 is 5.46 Å². The lowest BCUT2D eigenvalue weighted by molar-refractivity contribution is 0.00578. The van der Waals surface area contributed by atoms with Gasteiger partial charge in [-0.25, -0.2) is 0 Å². The number of benzene rings is 14. The molecule has 1 heterocycles. The van der Waals surface area contributed by atoms with Gasteiger partial charge in [0.2, 0.25) is 0 Å². The Morgan fingerprint density at radius 2 is 0.667 bits per heavy atom. The third-order valence-electron chi connectivity index (χ3n) is 16.1. The molecule has 0 saturated carbocycles. The Morgan fingerprint density at radius 3 is 1.06 bits per heavy atom. The molecule has 0 N–H and O–H groups in total. The molecular weight excluding hydrogens is 967 g/mol. The summed E-state index contributed by atoms with van der Waals surface area (Å²) in [5.41, 5.74) is 5.86. The van der Waals surface area contributed by atoms with Crippen molar-refractivity contribution in [2.45, 2.75) is 38.9 Å². The van der Waals surface area contributed by atoms with Crippen LogP contribution in [0.2, 0.25) is 5.02 Å². The molecule has 1 saturated heterocycles. The summed E-state index contributed by atoms with van der Waals surface area (Å²) >= 11 is 6.48. The maximum atomic E-state index is 8.89. The molecule has 4 heteroatoms. The van der Waals surface area contributed by atoms with E-state index in [4.69, 9.17) is 34.6 Å². The normalized spacial score (nSPS) is 15.8. The Hall–Kier alpha value is -8.57. The van der Waals surface area contributed by atoms with Crippen molar-refractivity contribution < 1.29 is 23.0 Å². The molecule has 2 nitrogen and oxygen atoms in total. The predicted molar refractivity (Wildman–Crippen MR) is 335 cm³/mol. The molecule has 14 aromatic rings. The number of halogens is 1. The second kappa shape index (κ2) is 18.9. The zero-order chi connectivity index (χ0) is 61.4. The first-order valence-corrected chi connectivity index (χ1v) is 26.6. The number of hydrogen-bond donors (Lipinski definition) is 0. The topological polar surface area (TPSA) is 18.5 Å². The lowest BCUT2D eigenvalue weighted by Gasteiger charge is -2.32. The fourth-order valence-electron chi connectivity index (χ4n) is 11.9. The van der Waals surface area contributed by atoms with E-state index in [1.165, 1.54) is 0 Å². The fourth-order valence-corrected chi connectivity index (χ4v) is 12.0. The molecule has 1 aliphatic rings. The summed E-state index contributed by atoms with van der Waals surface area (Å²) in [6.45, 7) is 8.25. The highest BCUT2D eigenvalue weighted by molar-refractivity contribution is 6.62. The second-order valence-electron chi connectivity index (χ2n) is 21.1. The van der Waals surface area contributed by atoms with Crippen LogP contribution in [0.4, 0.5) is 0 Å². The smallest absolute Gasteiger partial charge is 0.399 e. The van der Waals surface area contributed by atoms with Crippen molar-refractivity contribution in [3.05, 3.63) is 260 Å². The standard InChI is InChI=1S/C40H33BO2.C34H21Cl/c1-39(2)40(3,4)43-41(42-39)28-22-23-30-35(25-28)29-17-9-8-16-27(29)24-36(30)38-33-20-12-10-18-31(33)37(26-14-6-5-7-15-26)32-19-11-13-21-34(32)38;35-24-18-19-26-31(21-24)25-13-5-4-12-23(25)20-32(26)34-29-16-8-6-14-27(29)33(22-10-2-1-3-11-22)28-15-7-9-17-30(28)34/h5-25H,1-4H3;1-21H/i5D,6D,7D,14D,15D;1D,2D,3D,10D,11D. The largest absolute Gasteiger partial charge is 0.494 e. The lowest BCUT2D eigenvalue weighted by atomic mass is 9.77. The minimum Gasteiger partial charge on any atom is -0.399 e. The molecule has 1 fully saturated rings. The summed E-state index contributed by atoms with van der Waals surface area (Å²) in [6.07, 6.45) is 0. The highest BCUT2D eigenvalue weighted by Crippen LogP contribution is 2.49. The SMILES string of the molecule is [2H]c1c([2H])c([2H])c(-c2c3ccccc3c(-c3cc4ccccc4c4cc(B5OC(C)(C)C(C)(C)O5)ccc34)c3ccccc23)c([2H])c1[2H].[2H]c1c([2H])c([2H])c(-c2c3ccccc3c(-c3cc4ccccc4c4cc(Cl)ccc34)c3ccccc23)c([2H])c1[2H]. The van der Waals surface area contributed by atoms with Gasteiger partial charge in [-0.1, -0.05) is 242 Å². The number of fused-ring (bicyclic) bond motifs is 10. The van der Waals surface area contributed by atoms with Crippen LogP contribution in [0, 0.1) is 0 Å². The van der Waals surface area contributed by atoms with Crippen LogP contribution in [0.25, 0.3) is 131 Å². The van der Waals surface area contributed by atoms with Gasteiger partial charge in [-0.15, -0.1) is 0 Å². The summed E-state index contributed by atoms with van der Waals surface area (Å²) in [5.74, 6) is 0.